The lowest BCUT2D eigenvalue weighted by Gasteiger charge is -2.32. The highest BCUT2D eigenvalue weighted by molar-refractivity contribution is 5.73. The van der Waals surface area contributed by atoms with Crippen molar-refractivity contribution in [1.29, 1.82) is 0 Å². The molecule has 1 N–H and O–H groups in total. The van der Waals surface area contributed by atoms with Crippen molar-refractivity contribution in [2.45, 2.75) is 31.8 Å². The Hall–Kier alpha value is -1.69. The lowest BCUT2D eigenvalue weighted by atomic mass is 10.0. The van der Waals surface area contributed by atoms with Gasteiger partial charge in [0.05, 0.1) is 18.4 Å². The van der Waals surface area contributed by atoms with Gasteiger partial charge in [-0.15, -0.1) is 0 Å². The van der Waals surface area contributed by atoms with Crippen LogP contribution in [0.25, 0.3) is 0 Å². The minimum absolute atomic E-state index is 0.0605. The standard InChI is InChI=1S/C14H23N5O/c1-18-8-4-3-5-13(18)10-17-14(20)19(2)11-12-9-15-6-7-16-12/h6-7,9,13H,3-5,8,10-11H2,1-2H3,(H,17,20). The van der Waals surface area contributed by atoms with Crippen LogP contribution in [0.4, 0.5) is 4.79 Å². The van der Waals surface area contributed by atoms with Gasteiger partial charge >= 0.3 is 6.03 Å². The number of carbonyl (C=O) groups is 1. The van der Waals surface area contributed by atoms with Crippen LogP contribution in [0.1, 0.15) is 25.0 Å². The van der Waals surface area contributed by atoms with Crippen LogP contribution in [-0.4, -0.2) is 59.0 Å². The second kappa shape index (κ2) is 7.19. The van der Waals surface area contributed by atoms with Gasteiger partial charge < -0.3 is 15.1 Å². The molecular weight excluding hydrogens is 254 g/mol. The van der Waals surface area contributed by atoms with Gasteiger partial charge in [0.1, 0.15) is 0 Å². The van der Waals surface area contributed by atoms with Crippen LogP contribution in [0, 0.1) is 0 Å². The van der Waals surface area contributed by atoms with Gasteiger partial charge in [-0.1, -0.05) is 6.42 Å². The Morgan fingerprint density at radius 3 is 3.05 bits per heavy atom. The van der Waals surface area contributed by atoms with E-state index in [4.69, 9.17) is 0 Å². The molecule has 1 saturated heterocycles. The van der Waals surface area contributed by atoms with Crippen LogP contribution in [0.15, 0.2) is 18.6 Å². The number of hydrogen-bond acceptors (Lipinski definition) is 4. The Bertz CT molecular complexity index is 425. The van der Waals surface area contributed by atoms with Crippen molar-refractivity contribution in [3.05, 3.63) is 24.3 Å². The number of piperidine rings is 1. The predicted molar refractivity (Wildman–Crippen MR) is 77.2 cm³/mol. The molecule has 2 heterocycles. The summed E-state index contributed by atoms with van der Waals surface area (Å²) in [6.45, 7) is 2.30. The van der Waals surface area contributed by atoms with Gasteiger partial charge in [0.25, 0.3) is 0 Å². The number of aromatic nitrogens is 2. The van der Waals surface area contributed by atoms with Crippen LogP contribution in [0.2, 0.25) is 0 Å². The molecule has 0 aromatic carbocycles. The van der Waals surface area contributed by atoms with E-state index in [1.54, 1.807) is 30.5 Å². The Balaban J connectivity index is 1.76. The number of amides is 2. The summed E-state index contributed by atoms with van der Waals surface area (Å²) < 4.78 is 0. The highest BCUT2D eigenvalue weighted by Gasteiger charge is 2.20. The molecule has 0 saturated carbocycles. The summed E-state index contributed by atoms with van der Waals surface area (Å²) in [6.07, 6.45) is 8.61. The zero-order valence-corrected chi connectivity index (χ0v) is 12.2. The molecule has 1 aliphatic heterocycles. The Labute approximate surface area is 120 Å². The first kappa shape index (κ1) is 14.7. The summed E-state index contributed by atoms with van der Waals surface area (Å²) in [5.74, 6) is 0. The summed E-state index contributed by atoms with van der Waals surface area (Å²) >= 11 is 0. The van der Waals surface area contributed by atoms with E-state index in [0.29, 0.717) is 19.1 Å². The summed E-state index contributed by atoms with van der Waals surface area (Å²) in [5.41, 5.74) is 0.792. The van der Waals surface area contributed by atoms with E-state index in [1.807, 2.05) is 0 Å². The van der Waals surface area contributed by atoms with Crippen molar-refractivity contribution in [2.24, 2.45) is 0 Å². The SMILES string of the molecule is CN(Cc1cnccn1)C(=O)NCC1CCCCN1C. The largest absolute Gasteiger partial charge is 0.336 e. The van der Waals surface area contributed by atoms with Crippen molar-refractivity contribution in [3.8, 4) is 0 Å². The maximum absolute atomic E-state index is 12.0. The van der Waals surface area contributed by atoms with Gasteiger partial charge in [0, 0.05) is 32.0 Å². The lowest BCUT2D eigenvalue weighted by molar-refractivity contribution is 0.171. The first-order valence-corrected chi connectivity index (χ1v) is 7.11. The maximum atomic E-state index is 12.0. The number of urea groups is 1. The third kappa shape index (κ3) is 4.16. The Morgan fingerprint density at radius 2 is 2.35 bits per heavy atom. The van der Waals surface area contributed by atoms with Gasteiger partial charge in [0.15, 0.2) is 0 Å². The number of hydrogen-bond donors (Lipinski definition) is 1. The number of rotatable bonds is 4. The van der Waals surface area contributed by atoms with Gasteiger partial charge in [-0.25, -0.2) is 4.79 Å². The van der Waals surface area contributed by atoms with Crippen LogP contribution in [-0.2, 0) is 6.54 Å². The Kier molecular flexibility index (Phi) is 5.29. The molecule has 6 nitrogen and oxygen atoms in total. The van der Waals surface area contributed by atoms with E-state index in [9.17, 15) is 4.79 Å². The van der Waals surface area contributed by atoms with Crippen LogP contribution in [0.3, 0.4) is 0 Å². The lowest BCUT2D eigenvalue weighted by Crippen LogP contribution is -2.47. The molecule has 1 aromatic heterocycles. The van der Waals surface area contributed by atoms with E-state index in [-0.39, 0.29) is 6.03 Å². The van der Waals surface area contributed by atoms with Gasteiger partial charge in [0.2, 0.25) is 0 Å². The number of nitrogens with one attached hydrogen (secondary N) is 1. The van der Waals surface area contributed by atoms with Crippen molar-refractivity contribution in [1.82, 2.24) is 25.1 Å². The summed E-state index contributed by atoms with van der Waals surface area (Å²) in [5, 5.41) is 3.00. The molecule has 1 unspecified atom stereocenters. The molecule has 2 rings (SSSR count). The fraction of sp³-hybridized carbons (Fsp3) is 0.643. The third-order valence-corrected chi connectivity index (χ3v) is 3.77. The highest BCUT2D eigenvalue weighted by atomic mass is 16.2. The third-order valence-electron chi connectivity index (χ3n) is 3.77. The molecule has 20 heavy (non-hydrogen) atoms. The van der Waals surface area contributed by atoms with E-state index in [2.05, 4.69) is 27.2 Å². The minimum atomic E-state index is -0.0605. The first-order chi connectivity index (χ1) is 9.66. The van der Waals surface area contributed by atoms with Crippen LogP contribution in [0.5, 0.6) is 0 Å². The van der Waals surface area contributed by atoms with Gasteiger partial charge in [-0.3, -0.25) is 9.97 Å². The summed E-state index contributed by atoms with van der Waals surface area (Å²) in [4.78, 5) is 24.2. The van der Waals surface area contributed by atoms with Crippen LogP contribution < -0.4 is 5.32 Å². The highest BCUT2D eigenvalue weighted by Crippen LogP contribution is 2.14. The predicted octanol–water partition coefficient (Wildman–Crippen LogP) is 1.10. The molecule has 6 heteroatoms. The van der Waals surface area contributed by atoms with Crippen molar-refractivity contribution in [3.63, 3.8) is 0 Å². The molecular formula is C14H23N5O. The monoisotopic (exact) mass is 277 g/mol. The molecule has 1 fully saturated rings. The fourth-order valence-corrected chi connectivity index (χ4v) is 2.47. The zero-order valence-electron chi connectivity index (χ0n) is 12.2. The van der Waals surface area contributed by atoms with E-state index < -0.39 is 0 Å². The molecule has 0 radical (unpaired) electrons. The number of nitrogens with zero attached hydrogens (tertiary/aromatic N) is 4. The zero-order chi connectivity index (χ0) is 14.4. The topological polar surface area (TPSA) is 61.4 Å². The molecule has 1 atom stereocenters. The maximum Gasteiger partial charge on any atom is 0.317 e. The number of likely N-dealkylation sites (N-methyl/N-ethyl adjacent to an activating group) is 1. The molecule has 0 bridgehead atoms. The molecule has 110 valence electrons. The van der Waals surface area contributed by atoms with E-state index in [1.165, 1.54) is 12.8 Å². The van der Waals surface area contributed by atoms with E-state index >= 15 is 0 Å². The average Bonchev–Trinajstić information content (AvgIpc) is 2.47. The molecule has 1 aliphatic rings. The second-order valence-electron chi connectivity index (χ2n) is 5.37. The Morgan fingerprint density at radius 1 is 1.50 bits per heavy atom. The van der Waals surface area contributed by atoms with E-state index in [0.717, 1.165) is 18.7 Å². The minimum Gasteiger partial charge on any atom is -0.336 e. The van der Waals surface area contributed by atoms with Crippen molar-refractivity contribution < 1.29 is 4.79 Å². The smallest absolute Gasteiger partial charge is 0.317 e. The molecule has 1 aromatic rings. The summed E-state index contributed by atoms with van der Waals surface area (Å²) in [6, 6.07) is 0.396. The van der Waals surface area contributed by atoms with Gasteiger partial charge in [-0.05, 0) is 26.4 Å². The first-order valence-electron chi connectivity index (χ1n) is 7.11. The molecule has 2 amide bonds. The normalized spacial score (nSPS) is 19.6. The number of carbonyl (C=O) groups excluding carboxylic acids is 1. The van der Waals surface area contributed by atoms with Crippen LogP contribution >= 0.6 is 0 Å². The average molecular weight is 277 g/mol. The molecule has 0 spiro atoms. The molecule has 0 aliphatic carbocycles. The number of likely N-dealkylation sites (tertiary alicyclic amines) is 1. The van der Waals surface area contributed by atoms with Crippen molar-refractivity contribution in [2.75, 3.05) is 27.2 Å². The fourth-order valence-electron chi connectivity index (χ4n) is 2.47. The van der Waals surface area contributed by atoms with Crippen molar-refractivity contribution >= 4 is 6.03 Å². The second-order valence-corrected chi connectivity index (χ2v) is 5.37. The quantitative estimate of drug-likeness (QED) is 0.895. The van der Waals surface area contributed by atoms with Gasteiger partial charge in [-0.2, -0.15) is 0 Å². The summed E-state index contributed by atoms with van der Waals surface area (Å²) in [7, 11) is 3.90.